The Hall–Kier alpha value is -0.360. The van der Waals surface area contributed by atoms with Crippen molar-refractivity contribution in [2.75, 3.05) is 39.6 Å². The highest BCUT2D eigenvalue weighted by molar-refractivity contribution is 4.89. The second-order valence-corrected chi connectivity index (χ2v) is 11.2. The molecule has 0 bridgehead atoms. The van der Waals surface area contributed by atoms with Crippen LogP contribution in [-0.4, -0.2) is 106 Å². The lowest BCUT2D eigenvalue weighted by Crippen LogP contribution is -2.49. The van der Waals surface area contributed by atoms with Gasteiger partial charge in [-0.3, -0.25) is 0 Å². The molecule has 9 nitrogen and oxygen atoms in total. The fraction of sp³-hybridized carbons (Fsp3) is 1.00. The molecule has 7 unspecified atom stereocenters. The van der Waals surface area contributed by atoms with E-state index in [0.29, 0.717) is 51.7 Å². The van der Waals surface area contributed by atoms with Crippen LogP contribution in [-0.2, 0) is 18.9 Å². The highest BCUT2D eigenvalue weighted by atomic mass is 16.5. The van der Waals surface area contributed by atoms with E-state index in [9.17, 15) is 25.5 Å². The van der Waals surface area contributed by atoms with Crippen molar-refractivity contribution < 1.29 is 44.5 Å². The summed E-state index contributed by atoms with van der Waals surface area (Å²) in [6.45, 7) is 16.3. The zero-order valence-corrected chi connectivity index (χ0v) is 25.4. The van der Waals surface area contributed by atoms with Crippen molar-refractivity contribution in [3.63, 3.8) is 0 Å². The molecule has 0 fully saturated rings. The van der Waals surface area contributed by atoms with Gasteiger partial charge in [0.2, 0.25) is 0 Å². The smallest absolute Gasteiger partial charge is 0.0837 e. The van der Waals surface area contributed by atoms with Gasteiger partial charge in [-0.25, -0.2) is 0 Å². The van der Waals surface area contributed by atoms with Gasteiger partial charge in [-0.05, 0) is 53.4 Å². The average molecular weight is 553 g/mol. The van der Waals surface area contributed by atoms with E-state index in [1.165, 1.54) is 0 Å². The summed E-state index contributed by atoms with van der Waals surface area (Å²) in [6.07, 6.45) is 0.993. The Morgan fingerprint density at radius 3 is 1.76 bits per heavy atom. The van der Waals surface area contributed by atoms with Crippen molar-refractivity contribution in [3.05, 3.63) is 0 Å². The summed E-state index contributed by atoms with van der Waals surface area (Å²) in [5, 5.41) is 49.9. The molecule has 0 spiro atoms. The summed E-state index contributed by atoms with van der Waals surface area (Å²) in [4.78, 5) is 0. The van der Waals surface area contributed by atoms with Gasteiger partial charge >= 0.3 is 0 Å². The molecule has 7 atom stereocenters. The van der Waals surface area contributed by atoms with Gasteiger partial charge in [0, 0.05) is 31.8 Å². The van der Waals surface area contributed by atoms with E-state index >= 15 is 0 Å². The van der Waals surface area contributed by atoms with E-state index < -0.39 is 41.2 Å². The third kappa shape index (κ3) is 13.3. The standard InChI is InChI=1S/C29H60O9/c1-9-27(7,15-24(33)17-30)36-19-23(28(8,10-2)38-26(18-31)14-22(6)32)20-37-29(11-3,12-4)16-25(34)21-35-13-5/h22-26,30-34H,9-21H2,1-8H3. The van der Waals surface area contributed by atoms with Crippen LogP contribution in [0.2, 0.25) is 0 Å². The van der Waals surface area contributed by atoms with Crippen LogP contribution in [0, 0.1) is 5.92 Å². The maximum atomic E-state index is 10.6. The zero-order valence-electron chi connectivity index (χ0n) is 25.4. The lowest BCUT2D eigenvalue weighted by atomic mass is 9.85. The molecule has 0 heterocycles. The fourth-order valence-corrected chi connectivity index (χ4v) is 4.78. The monoisotopic (exact) mass is 552 g/mol. The Labute approximate surface area is 231 Å². The molecule has 0 aromatic heterocycles. The van der Waals surface area contributed by atoms with Crippen LogP contribution in [0.3, 0.4) is 0 Å². The molecule has 0 aromatic carbocycles. The summed E-state index contributed by atoms with van der Waals surface area (Å²) < 4.78 is 24.9. The maximum absolute atomic E-state index is 10.6. The third-order valence-corrected chi connectivity index (χ3v) is 8.07. The van der Waals surface area contributed by atoms with Crippen LogP contribution in [0.4, 0.5) is 0 Å². The molecule has 9 heteroatoms. The van der Waals surface area contributed by atoms with Crippen LogP contribution < -0.4 is 0 Å². The van der Waals surface area contributed by atoms with Gasteiger partial charge < -0.3 is 44.5 Å². The molecule has 0 saturated heterocycles. The first-order valence-electron chi connectivity index (χ1n) is 14.6. The molecule has 0 rings (SSSR count). The van der Waals surface area contributed by atoms with Gasteiger partial charge in [0.1, 0.15) is 0 Å². The van der Waals surface area contributed by atoms with Crippen molar-refractivity contribution in [2.24, 2.45) is 5.92 Å². The van der Waals surface area contributed by atoms with Gasteiger partial charge in [0.25, 0.3) is 0 Å². The normalized spacial score (nSPS) is 19.8. The van der Waals surface area contributed by atoms with Crippen LogP contribution >= 0.6 is 0 Å². The minimum atomic E-state index is -0.882. The number of aliphatic hydroxyl groups excluding tert-OH is 5. The van der Waals surface area contributed by atoms with Gasteiger partial charge in [0.05, 0.1) is 74.3 Å². The van der Waals surface area contributed by atoms with Gasteiger partial charge in [-0.2, -0.15) is 0 Å². The van der Waals surface area contributed by atoms with Crippen molar-refractivity contribution in [1.29, 1.82) is 0 Å². The lowest BCUT2D eigenvalue weighted by Gasteiger charge is -2.43. The Morgan fingerprint density at radius 1 is 0.711 bits per heavy atom. The van der Waals surface area contributed by atoms with Crippen LogP contribution in [0.15, 0.2) is 0 Å². The summed E-state index contributed by atoms with van der Waals surface area (Å²) in [5.41, 5.74) is -1.96. The molecular weight excluding hydrogens is 492 g/mol. The van der Waals surface area contributed by atoms with Crippen molar-refractivity contribution in [3.8, 4) is 0 Å². The predicted molar refractivity (Wildman–Crippen MR) is 149 cm³/mol. The summed E-state index contributed by atoms with van der Waals surface area (Å²) in [6, 6.07) is 0. The van der Waals surface area contributed by atoms with E-state index in [4.69, 9.17) is 18.9 Å². The number of hydrogen-bond acceptors (Lipinski definition) is 9. The maximum Gasteiger partial charge on any atom is 0.0837 e. The molecular formula is C29H60O9. The second kappa shape index (κ2) is 18.9. The Bertz CT molecular complexity index is 586. The molecule has 38 heavy (non-hydrogen) atoms. The van der Waals surface area contributed by atoms with E-state index in [1.54, 1.807) is 6.92 Å². The van der Waals surface area contributed by atoms with Crippen LogP contribution in [0.25, 0.3) is 0 Å². The molecule has 0 amide bonds. The SMILES string of the molecule is CCOCC(O)CC(CC)(CC)OCC(COC(C)(CC)CC(O)CO)C(C)(CC)OC(CO)CC(C)O. The van der Waals surface area contributed by atoms with Gasteiger partial charge in [-0.1, -0.05) is 27.7 Å². The predicted octanol–water partition coefficient (Wildman–Crippen LogP) is 3.21. The summed E-state index contributed by atoms with van der Waals surface area (Å²) >= 11 is 0. The van der Waals surface area contributed by atoms with Crippen LogP contribution in [0.1, 0.15) is 100 Å². The third-order valence-electron chi connectivity index (χ3n) is 8.07. The van der Waals surface area contributed by atoms with Crippen LogP contribution in [0.5, 0.6) is 0 Å². The Balaban J connectivity index is 6.00. The van der Waals surface area contributed by atoms with E-state index in [0.717, 1.165) is 0 Å². The molecule has 0 aliphatic heterocycles. The highest BCUT2D eigenvalue weighted by Gasteiger charge is 2.41. The average Bonchev–Trinajstić information content (AvgIpc) is 2.90. The van der Waals surface area contributed by atoms with E-state index in [2.05, 4.69) is 0 Å². The molecule has 5 N–H and O–H groups in total. The fourth-order valence-electron chi connectivity index (χ4n) is 4.78. The molecule has 230 valence electrons. The molecule has 0 aliphatic rings. The zero-order chi connectivity index (χ0) is 29.4. The first kappa shape index (κ1) is 37.6. The lowest BCUT2D eigenvalue weighted by molar-refractivity contribution is -0.194. The van der Waals surface area contributed by atoms with Crippen molar-refractivity contribution in [1.82, 2.24) is 0 Å². The number of ether oxygens (including phenoxy) is 4. The van der Waals surface area contributed by atoms with Crippen molar-refractivity contribution >= 4 is 0 Å². The molecule has 0 radical (unpaired) electrons. The van der Waals surface area contributed by atoms with Gasteiger partial charge in [-0.15, -0.1) is 0 Å². The van der Waals surface area contributed by atoms with Gasteiger partial charge in [0.15, 0.2) is 0 Å². The summed E-state index contributed by atoms with van der Waals surface area (Å²) in [7, 11) is 0. The minimum absolute atomic E-state index is 0.220. The second-order valence-electron chi connectivity index (χ2n) is 11.2. The van der Waals surface area contributed by atoms with Crippen molar-refractivity contribution in [2.45, 2.75) is 142 Å². The Kier molecular flexibility index (Phi) is 18.7. The van der Waals surface area contributed by atoms with E-state index in [1.807, 2.05) is 48.5 Å². The Morgan fingerprint density at radius 2 is 1.32 bits per heavy atom. The minimum Gasteiger partial charge on any atom is -0.394 e. The number of rotatable bonds is 24. The van der Waals surface area contributed by atoms with E-state index in [-0.39, 0.29) is 38.8 Å². The first-order valence-corrected chi connectivity index (χ1v) is 14.6. The first-order chi connectivity index (χ1) is 17.8. The summed E-state index contributed by atoms with van der Waals surface area (Å²) in [5.74, 6) is -0.255. The number of hydrogen-bond donors (Lipinski definition) is 5. The number of aliphatic hydroxyl groups is 5. The topological polar surface area (TPSA) is 138 Å². The molecule has 0 aromatic rings. The molecule has 0 aliphatic carbocycles. The quantitative estimate of drug-likeness (QED) is 0.122. The highest BCUT2D eigenvalue weighted by Crippen LogP contribution is 2.35. The molecule has 0 saturated carbocycles. The largest absolute Gasteiger partial charge is 0.394 e.